The lowest BCUT2D eigenvalue weighted by Crippen LogP contribution is -2.17. The van der Waals surface area contributed by atoms with E-state index in [4.69, 9.17) is 5.11 Å². The van der Waals surface area contributed by atoms with Crippen LogP contribution in [0.2, 0.25) is 0 Å². The standard InChI is InChI=1S/C8H6F3NO4/c9-8(10,11)16-4-1-2-5(6(13)3-4)12-7(14)15/h1-3,12-13H,(H,14,15)/p-1. The second-order valence-electron chi connectivity index (χ2n) is 2.64. The SMILES string of the molecule is O=C(O)Nc1ccc(OC(F)(F)F)cc1[O-]. The average Bonchev–Trinajstić information content (AvgIpc) is 2.06. The van der Waals surface area contributed by atoms with E-state index in [-0.39, 0.29) is 5.69 Å². The van der Waals surface area contributed by atoms with E-state index < -0.39 is 24.0 Å². The van der Waals surface area contributed by atoms with Crippen molar-refractivity contribution in [2.24, 2.45) is 0 Å². The fourth-order valence-corrected chi connectivity index (χ4v) is 0.918. The molecule has 2 N–H and O–H groups in total. The molecule has 0 aliphatic rings. The third-order valence-electron chi connectivity index (χ3n) is 1.43. The molecule has 0 heterocycles. The van der Waals surface area contributed by atoms with E-state index in [1.165, 1.54) is 0 Å². The highest BCUT2D eigenvalue weighted by atomic mass is 19.4. The molecule has 1 rings (SSSR count). The van der Waals surface area contributed by atoms with Gasteiger partial charge in [0.2, 0.25) is 0 Å². The van der Waals surface area contributed by atoms with E-state index in [0.29, 0.717) is 6.07 Å². The number of nitrogens with one attached hydrogen (secondary N) is 1. The number of hydrogen-bond donors (Lipinski definition) is 2. The number of anilines is 1. The Morgan fingerprint density at radius 1 is 1.44 bits per heavy atom. The fourth-order valence-electron chi connectivity index (χ4n) is 0.918. The second kappa shape index (κ2) is 4.17. The summed E-state index contributed by atoms with van der Waals surface area (Å²) in [6, 6.07) is 2.26. The van der Waals surface area contributed by atoms with Crippen LogP contribution < -0.4 is 15.2 Å². The van der Waals surface area contributed by atoms with Gasteiger partial charge in [0.1, 0.15) is 5.75 Å². The van der Waals surface area contributed by atoms with Crippen molar-refractivity contribution < 1.29 is 32.9 Å². The Morgan fingerprint density at radius 3 is 2.50 bits per heavy atom. The molecule has 0 radical (unpaired) electrons. The van der Waals surface area contributed by atoms with Crippen molar-refractivity contribution in [2.45, 2.75) is 6.36 Å². The number of halogens is 3. The number of rotatable bonds is 2. The molecule has 1 amide bonds. The number of ether oxygens (including phenoxy) is 1. The number of hydrogen-bond acceptors (Lipinski definition) is 3. The minimum Gasteiger partial charge on any atom is -0.871 e. The molecule has 0 saturated heterocycles. The zero-order valence-electron chi connectivity index (χ0n) is 7.54. The zero-order valence-corrected chi connectivity index (χ0v) is 7.54. The molecular weight excluding hydrogens is 231 g/mol. The molecule has 8 heteroatoms. The summed E-state index contributed by atoms with van der Waals surface area (Å²) in [4.78, 5) is 10.2. The molecule has 0 fully saturated rings. The van der Waals surface area contributed by atoms with E-state index in [1.54, 1.807) is 5.32 Å². The largest absolute Gasteiger partial charge is 0.871 e. The van der Waals surface area contributed by atoms with Crippen molar-refractivity contribution in [2.75, 3.05) is 5.32 Å². The zero-order chi connectivity index (χ0) is 12.3. The molecule has 0 aliphatic heterocycles. The first-order valence-corrected chi connectivity index (χ1v) is 3.85. The summed E-state index contributed by atoms with van der Waals surface area (Å²) in [5.41, 5.74) is -0.345. The van der Waals surface area contributed by atoms with Gasteiger partial charge in [0.15, 0.2) is 0 Å². The molecule has 1 aromatic carbocycles. The predicted molar refractivity (Wildman–Crippen MR) is 44.2 cm³/mol. The number of benzene rings is 1. The van der Waals surface area contributed by atoms with Crippen LogP contribution in [0.1, 0.15) is 0 Å². The summed E-state index contributed by atoms with van der Waals surface area (Å²) in [5, 5.41) is 21.1. The van der Waals surface area contributed by atoms with Crippen LogP contribution in [-0.4, -0.2) is 17.6 Å². The monoisotopic (exact) mass is 236 g/mol. The third-order valence-corrected chi connectivity index (χ3v) is 1.43. The van der Waals surface area contributed by atoms with Crippen LogP contribution in [-0.2, 0) is 0 Å². The van der Waals surface area contributed by atoms with E-state index >= 15 is 0 Å². The second-order valence-corrected chi connectivity index (χ2v) is 2.64. The topological polar surface area (TPSA) is 81.6 Å². The summed E-state index contributed by atoms with van der Waals surface area (Å²) in [5.74, 6) is -1.61. The van der Waals surface area contributed by atoms with Gasteiger partial charge in [-0.3, -0.25) is 5.32 Å². The van der Waals surface area contributed by atoms with Gasteiger partial charge in [-0.15, -0.1) is 13.2 Å². The Bertz CT molecular complexity index is 405. The molecule has 0 spiro atoms. The van der Waals surface area contributed by atoms with Gasteiger partial charge in [-0.25, -0.2) is 4.79 Å². The number of carbonyl (C=O) groups is 1. The molecule has 0 unspecified atom stereocenters. The van der Waals surface area contributed by atoms with Crippen molar-refractivity contribution in [1.82, 2.24) is 0 Å². The van der Waals surface area contributed by atoms with Crippen LogP contribution >= 0.6 is 0 Å². The lowest BCUT2D eigenvalue weighted by molar-refractivity contribution is -0.277. The van der Waals surface area contributed by atoms with Crippen LogP contribution in [0.15, 0.2) is 18.2 Å². The molecule has 5 nitrogen and oxygen atoms in total. The minimum atomic E-state index is -4.89. The highest BCUT2D eigenvalue weighted by molar-refractivity contribution is 5.85. The highest BCUT2D eigenvalue weighted by Gasteiger charge is 2.31. The van der Waals surface area contributed by atoms with Crippen LogP contribution in [0.5, 0.6) is 11.5 Å². The maximum absolute atomic E-state index is 11.7. The number of carboxylic acid groups (broad SMARTS) is 1. The molecular formula is C8H5F3NO4-. The van der Waals surface area contributed by atoms with Crippen LogP contribution in [0.3, 0.4) is 0 Å². The molecule has 1 aromatic rings. The quantitative estimate of drug-likeness (QED) is 0.819. The summed E-state index contributed by atoms with van der Waals surface area (Å²) in [6.07, 6.45) is -6.38. The van der Waals surface area contributed by atoms with Gasteiger partial charge < -0.3 is 14.9 Å². The molecule has 0 aliphatic carbocycles. The first-order chi connectivity index (χ1) is 7.28. The van der Waals surface area contributed by atoms with Crippen LogP contribution in [0.25, 0.3) is 0 Å². The number of alkyl halides is 3. The van der Waals surface area contributed by atoms with Gasteiger partial charge in [0.05, 0.1) is 0 Å². The van der Waals surface area contributed by atoms with Crippen molar-refractivity contribution in [3.63, 3.8) is 0 Å². The smallest absolute Gasteiger partial charge is 0.573 e. The normalized spacial score (nSPS) is 10.9. The lowest BCUT2D eigenvalue weighted by atomic mass is 10.3. The van der Waals surface area contributed by atoms with Crippen LogP contribution in [0.4, 0.5) is 23.7 Å². The van der Waals surface area contributed by atoms with Gasteiger partial charge >= 0.3 is 12.5 Å². The molecule has 0 atom stereocenters. The van der Waals surface area contributed by atoms with Gasteiger partial charge in [-0.2, -0.15) is 0 Å². The predicted octanol–water partition coefficient (Wildman–Crippen LogP) is 1.75. The summed E-state index contributed by atoms with van der Waals surface area (Å²) in [6.45, 7) is 0. The maximum atomic E-state index is 11.7. The van der Waals surface area contributed by atoms with E-state index in [1.807, 2.05) is 0 Å². The third kappa shape index (κ3) is 3.56. The van der Waals surface area contributed by atoms with Crippen molar-refractivity contribution in [1.29, 1.82) is 0 Å². The Morgan fingerprint density at radius 2 is 2.06 bits per heavy atom. The van der Waals surface area contributed by atoms with E-state index in [0.717, 1.165) is 12.1 Å². The van der Waals surface area contributed by atoms with Crippen LogP contribution in [0, 0.1) is 0 Å². The summed E-state index contributed by atoms with van der Waals surface area (Å²) >= 11 is 0. The van der Waals surface area contributed by atoms with Crippen molar-refractivity contribution >= 4 is 11.8 Å². The summed E-state index contributed by atoms with van der Waals surface area (Å²) < 4.78 is 38.7. The average molecular weight is 236 g/mol. The van der Waals surface area contributed by atoms with E-state index in [2.05, 4.69) is 4.74 Å². The van der Waals surface area contributed by atoms with Gasteiger partial charge in [-0.1, -0.05) is 5.75 Å². The molecule has 0 bridgehead atoms. The Hall–Kier alpha value is -2.12. The highest BCUT2D eigenvalue weighted by Crippen LogP contribution is 2.29. The van der Waals surface area contributed by atoms with Gasteiger partial charge in [0, 0.05) is 5.69 Å². The number of amides is 1. The lowest BCUT2D eigenvalue weighted by Gasteiger charge is -2.15. The maximum Gasteiger partial charge on any atom is 0.573 e. The van der Waals surface area contributed by atoms with Crippen molar-refractivity contribution in [3.05, 3.63) is 18.2 Å². The van der Waals surface area contributed by atoms with E-state index in [9.17, 15) is 23.1 Å². The van der Waals surface area contributed by atoms with Gasteiger partial charge in [0.25, 0.3) is 0 Å². The Labute approximate surface area is 87.1 Å². The molecule has 0 saturated carbocycles. The fraction of sp³-hybridized carbons (Fsp3) is 0.125. The first-order valence-electron chi connectivity index (χ1n) is 3.85. The molecule has 88 valence electrons. The molecule has 0 aromatic heterocycles. The van der Waals surface area contributed by atoms with Crippen molar-refractivity contribution in [3.8, 4) is 11.5 Å². The Kier molecular flexibility index (Phi) is 3.11. The first kappa shape index (κ1) is 12.0. The molecule has 16 heavy (non-hydrogen) atoms. The Balaban J connectivity index is 2.87. The minimum absolute atomic E-state index is 0.345. The van der Waals surface area contributed by atoms with Gasteiger partial charge in [-0.05, 0) is 18.2 Å². The summed E-state index contributed by atoms with van der Waals surface area (Å²) in [7, 11) is 0.